The normalized spacial score (nSPS) is 17.9. The van der Waals surface area contributed by atoms with Gasteiger partial charge in [0.1, 0.15) is 11.4 Å². The van der Waals surface area contributed by atoms with E-state index in [0.29, 0.717) is 0 Å². The molecule has 1 aliphatic heterocycles. The van der Waals surface area contributed by atoms with Gasteiger partial charge in [0, 0.05) is 37.4 Å². The molecule has 1 saturated heterocycles. The first kappa shape index (κ1) is 25.1. The van der Waals surface area contributed by atoms with E-state index < -0.39 is 54.4 Å². The zero-order valence-corrected chi connectivity index (χ0v) is 20.6. The van der Waals surface area contributed by atoms with Gasteiger partial charge in [-0.1, -0.05) is 23.7 Å². The zero-order valence-electron chi connectivity index (χ0n) is 19.1. The van der Waals surface area contributed by atoms with Gasteiger partial charge in [0.05, 0.1) is 26.5 Å². The van der Waals surface area contributed by atoms with Crippen molar-refractivity contribution in [1.29, 1.82) is 0 Å². The predicted octanol–water partition coefficient (Wildman–Crippen LogP) is 3.29. The number of hydrogen-bond acceptors (Lipinski definition) is 7. The summed E-state index contributed by atoms with van der Waals surface area (Å²) in [7, 11) is -4.25. The van der Waals surface area contributed by atoms with Gasteiger partial charge >= 0.3 is 5.97 Å². The number of sulfonamides is 1. The Balaban J connectivity index is 1.49. The SMILES string of the molecule is O=C(O)c1cn(C2CC2)c2c(Cl)c(N3CCC(NS(=O)(=O)c4ccccc4[N+](=O)[O-])C3)c(F)cc2c1=O. The average Bonchev–Trinajstić information content (AvgIpc) is 3.59. The summed E-state index contributed by atoms with van der Waals surface area (Å²) in [5, 5.41) is 20.5. The van der Waals surface area contributed by atoms with E-state index in [1.54, 1.807) is 4.57 Å². The number of carboxylic acids is 1. The second-order valence-electron chi connectivity index (χ2n) is 9.01. The lowest BCUT2D eigenvalue weighted by Gasteiger charge is -2.23. The van der Waals surface area contributed by atoms with Crippen molar-refractivity contribution >= 4 is 49.9 Å². The lowest BCUT2D eigenvalue weighted by atomic mass is 10.1. The molecule has 2 fully saturated rings. The van der Waals surface area contributed by atoms with Gasteiger partial charge in [0.15, 0.2) is 4.90 Å². The van der Waals surface area contributed by atoms with Crippen molar-refractivity contribution in [2.24, 2.45) is 0 Å². The number of fused-ring (bicyclic) bond motifs is 1. The summed E-state index contributed by atoms with van der Waals surface area (Å²) in [6.07, 6.45) is 2.99. The fourth-order valence-electron chi connectivity index (χ4n) is 4.69. The minimum absolute atomic E-state index is 0.0167. The van der Waals surface area contributed by atoms with Gasteiger partial charge in [-0.3, -0.25) is 14.9 Å². The maximum Gasteiger partial charge on any atom is 0.341 e. The number of para-hydroxylation sites is 1. The summed E-state index contributed by atoms with van der Waals surface area (Å²) in [5.41, 5.74) is -1.69. The van der Waals surface area contributed by atoms with Gasteiger partial charge in [0.25, 0.3) is 5.69 Å². The van der Waals surface area contributed by atoms with Crippen LogP contribution in [0.4, 0.5) is 15.8 Å². The first-order valence-electron chi connectivity index (χ1n) is 11.3. The molecule has 0 amide bonds. The van der Waals surface area contributed by atoms with Crippen molar-refractivity contribution in [3.05, 3.63) is 73.3 Å². The fraction of sp³-hybridized carbons (Fsp3) is 0.304. The summed E-state index contributed by atoms with van der Waals surface area (Å²) in [4.78, 5) is 35.9. The van der Waals surface area contributed by atoms with Crippen LogP contribution < -0.4 is 15.1 Å². The van der Waals surface area contributed by atoms with Crippen molar-refractivity contribution in [1.82, 2.24) is 9.29 Å². The molecule has 37 heavy (non-hydrogen) atoms. The summed E-state index contributed by atoms with van der Waals surface area (Å²) >= 11 is 6.64. The Labute approximate surface area is 214 Å². The summed E-state index contributed by atoms with van der Waals surface area (Å²) in [6, 6.07) is 5.16. The molecule has 0 radical (unpaired) electrons. The molecule has 1 aliphatic carbocycles. The Hall–Kier alpha value is -3.55. The molecule has 0 spiro atoms. The van der Waals surface area contributed by atoms with E-state index in [0.717, 1.165) is 31.0 Å². The van der Waals surface area contributed by atoms with Crippen molar-refractivity contribution in [3.8, 4) is 0 Å². The number of nitrogens with zero attached hydrogens (tertiary/aromatic N) is 3. The molecular formula is C23H20ClFN4O7S. The van der Waals surface area contributed by atoms with E-state index in [1.807, 2.05) is 0 Å². The van der Waals surface area contributed by atoms with Crippen LogP contribution in [0.3, 0.4) is 0 Å². The maximum absolute atomic E-state index is 15.3. The summed E-state index contributed by atoms with van der Waals surface area (Å²) < 4.78 is 45.2. The highest BCUT2D eigenvalue weighted by Gasteiger charge is 2.35. The highest BCUT2D eigenvalue weighted by Crippen LogP contribution is 2.42. The fourth-order valence-corrected chi connectivity index (χ4v) is 6.54. The van der Waals surface area contributed by atoms with E-state index in [1.165, 1.54) is 23.2 Å². The number of rotatable bonds is 7. The average molecular weight is 551 g/mol. The van der Waals surface area contributed by atoms with E-state index >= 15 is 4.39 Å². The first-order valence-corrected chi connectivity index (χ1v) is 13.2. The number of pyridine rings is 1. The number of nitrogens with one attached hydrogen (secondary N) is 1. The number of halogens is 2. The van der Waals surface area contributed by atoms with Crippen molar-refractivity contribution < 1.29 is 27.6 Å². The molecule has 1 atom stereocenters. The second kappa shape index (κ2) is 9.08. The van der Waals surface area contributed by atoms with Crippen molar-refractivity contribution in [3.63, 3.8) is 0 Å². The number of anilines is 1. The number of nitro groups is 1. The van der Waals surface area contributed by atoms with Gasteiger partial charge in [0.2, 0.25) is 15.5 Å². The number of aromatic carboxylic acids is 1. The van der Waals surface area contributed by atoms with Crippen LogP contribution in [0.5, 0.6) is 0 Å². The molecular weight excluding hydrogens is 531 g/mol. The number of hydrogen-bond donors (Lipinski definition) is 2. The van der Waals surface area contributed by atoms with Gasteiger partial charge < -0.3 is 14.6 Å². The molecule has 3 aromatic rings. The molecule has 1 aromatic heterocycles. The van der Waals surface area contributed by atoms with Gasteiger partial charge in [-0.25, -0.2) is 22.3 Å². The maximum atomic E-state index is 15.3. The van der Waals surface area contributed by atoms with E-state index in [4.69, 9.17) is 11.6 Å². The summed E-state index contributed by atoms with van der Waals surface area (Å²) in [5.74, 6) is -2.27. The largest absolute Gasteiger partial charge is 0.477 e. The van der Waals surface area contributed by atoms with Crippen LogP contribution in [0.15, 0.2) is 46.2 Å². The minimum atomic E-state index is -4.25. The van der Waals surface area contributed by atoms with Crippen LogP contribution in [0.25, 0.3) is 10.9 Å². The standard InChI is InChI=1S/C23H20ClFN4O7S/c24-19-20-14(22(30)15(23(31)32)11-28(20)13-5-6-13)9-16(25)21(19)27-8-7-12(10-27)26-37(35,36)18-4-2-1-3-17(18)29(33)34/h1-4,9,11-13,26H,5-8,10H2,(H,31,32). The smallest absolute Gasteiger partial charge is 0.341 e. The third kappa shape index (κ3) is 4.43. The molecule has 5 rings (SSSR count). The third-order valence-corrected chi connectivity index (χ3v) is 8.46. The molecule has 11 nitrogen and oxygen atoms in total. The first-order chi connectivity index (χ1) is 17.5. The Morgan fingerprint density at radius 1 is 1.24 bits per heavy atom. The van der Waals surface area contributed by atoms with Gasteiger partial charge in [-0.15, -0.1) is 0 Å². The molecule has 14 heteroatoms. The monoisotopic (exact) mass is 550 g/mol. The topological polar surface area (TPSA) is 152 Å². The molecule has 2 aromatic carbocycles. The van der Waals surface area contributed by atoms with Crippen LogP contribution in [0, 0.1) is 15.9 Å². The van der Waals surface area contributed by atoms with E-state index in [-0.39, 0.29) is 47.2 Å². The van der Waals surface area contributed by atoms with Crippen LogP contribution in [-0.2, 0) is 10.0 Å². The Morgan fingerprint density at radius 3 is 2.59 bits per heavy atom. The highest BCUT2D eigenvalue weighted by molar-refractivity contribution is 7.89. The quantitative estimate of drug-likeness (QED) is 0.336. The minimum Gasteiger partial charge on any atom is -0.477 e. The molecule has 1 unspecified atom stereocenters. The Kier molecular flexibility index (Phi) is 6.16. The molecule has 2 N–H and O–H groups in total. The molecule has 1 saturated carbocycles. The highest BCUT2D eigenvalue weighted by atomic mass is 35.5. The number of aromatic nitrogens is 1. The number of nitro benzene ring substituents is 1. The molecule has 0 bridgehead atoms. The van der Waals surface area contributed by atoms with Crippen LogP contribution in [-0.4, -0.2) is 48.1 Å². The number of carboxylic acid groups (broad SMARTS) is 1. The van der Waals surface area contributed by atoms with Crippen molar-refractivity contribution in [2.45, 2.75) is 36.2 Å². The lowest BCUT2D eigenvalue weighted by Crippen LogP contribution is -2.37. The second-order valence-corrected chi connectivity index (χ2v) is 11.1. The lowest BCUT2D eigenvalue weighted by molar-refractivity contribution is -0.387. The van der Waals surface area contributed by atoms with Crippen LogP contribution in [0.2, 0.25) is 5.02 Å². The number of carbonyl (C=O) groups is 1. The number of benzene rings is 2. The molecule has 2 heterocycles. The van der Waals surface area contributed by atoms with Crippen LogP contribution in [0.1, 0.15) is 35.7 Å². The third-order valence-electron chi connectivity index (χ3n) is 6.53. The summed E-state index contributed by atoms with van der Waals surface area (Å²) in [6.45, 7) is 0.232. The van der Waals surface area contributed by atoms with Crippen molar-refractivity contribution in [2.75, 3.05) is 18.0 Å². The van der Waals surface area contributed by atoms with Gasteiger partial charge in [-0.05, 0) is 31.4 Å². The Bertz CT molecular complexity index is 1640. The molecule has 2 aliphatic rings. The van der Waals surface area contributed by atoms with E-state index in [9.17, 15) is 33.2 Å². The Morgan fingerprint density at radius 2 is 1.95 bits per heavy atom. The van der Waals surface area contributed by atoms with Gasteiger partial charge in [-0.2, -0.15) is 0 Å². The van der Waals surface area contributed by atoms with E-state index in [2.05, 4.69) is 4.72 Å². The predicted molar refractivity (Wildman–Crippen MR) is 132 cm³/mol. The zero-order chi connectivity index (χ0) is 26.6. The molecule has 194 valence electrons. The van der Waals surface area contributed by atoms with Crippen LogP contribution >= 0.6 is 11.6 Å².